The van der Waals surface area contributed by atoms with E-state index in [4.69, 9.17) is 23.2 Å². The molecule has 2 nitrogen and oxygen atoms in total. The Morgan fingerprint density at radius 2 is 1.95 bits per heavy atom. The SMILES string of the molecule is CNCc1sc(-c2ccc(Cl)c(Cl)c2)nc1C(F)(F)F. The summed E-state index contributed by atoms with van der Waals surface area (Å²) in [5.74, 6) is 0. The Balaban J connectivity index is 2.49. The predicted molar refractivity (Wildman–Crippen MR) is 75.3 cm³/mol. The number of aromatic nitrogens is 1. The quantitative estimate of drug-likeness (QED) is 0.863. The summed E-state index contributed by atoms with van der Waals surface area (Å²) in [5.41, 5.74) is -0.352. The van der Waals surface area contributed by atoms with Crippen LogP contribution < -0.4 is 5.32 Å². The summed E-state index contributed by atoms with van der Waals surface area (Å²) in [6.45, 7) is 0.105. The van der Waals surface area contributed by atoms with Gasteiger partial charge in [-0.2, -0.15) is 13.2 Å². The topological polar surface area (TPSA) is 24.9 Å². The van der Waals surface area contributed by atoms with E-state index in [-0.39, 0.29) is 21.5 Å². The van der Waals surface area contributed by atoms with Crippen molar-refractivity contribution in [2.75, 3.05) is 7.05 Å². The van der Waals surface area contributed by atoms with Crippen LogP contribution in [-0.2, 0) is 12.7 Å². The van der Waals surface area contributed by atoms with Gasteiger partial charge in [0.1, 0.15) is 5.01 Å². The van der Waals surface area contributed by atoms with Crippen molar-refractivity contribution < 1.29 is 13.2 Å². The highest BCUT2D eigenvalue weighted by atomic mass is 35.5. The maximum atomic E-state index is 12.9. The van der Waals surface area contributed by atoms with Crippen molar-refractivity contribution in [1.29, 1.82) is 0 Å². The maximum Gasteiger partial charge on any atom is 0.434 e. The zero-order chi connectivity index (χ0) is 14.9. The molecule has 8 heteroatoms. The van der Waals surface area contributed by atoms with E-state index in [1.54, 1.807) is 13.1 Å². The van der Waals surface area contributed by atoms with Crippen molar-refractivity contribution in [1.82, 2.24) is 10.3 Å². The van der Waals surface area contributed by atoms with Gasteiger partial charge in [-0.05, 0) is 19.2 Å². The highest BCUT2D eigenvalue weighted by molar-refractivity contribution is 7.15. The molecule has 0 spiro atoms. The molecule has 1 N–H and O–H groups in total. The smallest absolute Gasteiger partial charge is 0.315 e. The van der Waals surface area contributed by atoms with Crippen LogP contribution in [0.1, 0.15) is 10.6 Å². The van der Waals surface area contributed by atoms with E-state index in [1.165, 1.54) is 12.1 Å². The molecule has 1 aromatic carbocycles. The van der Waals surface area contributed by atoms with Crippen molar-refractivity contribution in [2.24, 2.45) is 0 Å². The number of halogens is 5. The summed E-state index contributed by atoms with van der Waals surface area (Å²) in [7, 11) is 1.58. The molecule has 0 saturated carbocycles. The van der Waals surface area contributed by atoms with Gasteiger partial charge < -0.3 is 5.32 Å². The van der Waals surface area contributed by atoms with Crippen LogP contribution in [0.5, 0.6) is 0 Å². The van der Waals surface area contributed by atoms with Crippen molar-refractivity contribution in [3.63, 3.8) is 0 Å². The first-order chi connectivity index (χ1) is 9.32. The molecule has 108 valence electrons. The van der Waals surface area contributed by atoms with Crippen LogP contribution in [0.15, 0.2) is 18.2 Å². The Morgan fingerprint density at radius 3 is 2.50 bits per heavy atom. The summed E-state index contributed by atoms with van der Waals surface area (Å²) in [6, 6.07) is 4.63. The molecule has 0 fully saturated rings. The van der Waals surface area contributed by atoms with Crippen LogP contribution in [-0.4, -0.2) is 12.0 Å². The zero-order valence-corrected chi connectivity index (χ0v) is 12.5. The molecule has 1 aromatic heterocycles. The normalized spacial score (nSPS) is 11.9. The molecule has 1 heterocycles. The summed E-state index contributed by atoms with van der Waals surface area (Å²) >= 11 is 12.6. The second-order valence-corrected chi connectivity index (χ2v) is 5.85. The molecular weight excluding hydrogens is 332 g/mol. The number of hydrogen-bond donors (Lipinski definition) is 1. The minimum Gasteiger partial charge on any atom is -0.315 e. The second kappa shape index (κ2) is 5.89. The van der Waals surface area contributed by atoms with E-state index >= 15 is 0 Å². The molecule has 0 radical (unpaired) electrons. The molecule has 0 saturated heterocycles. The largest absolute Gasteiger partial charge is 0.434 e. The van der Waals surface area contributed by atoms with Gasteiger partial charge in [-0.25, -0.2) is 4.98 Å². The first-order valence-corrected chi connectivity index (χ1v) is 7.07. The molecular formula is C12H9Cl2F3N2S. The monoisotopic (exact) mass is 340 g/mol. The van der Waals surface area contributed by atoms with Crippen molar-refractivity contribution in [3.05, 3.63) is 38.8 Å². The van der Waals surface area contributed by atoms with Crippen molar-refractivity contribution in [3.8, 4) is 10.6 Å². The number of rotatable bonds is 3. The summed E-state index contributed by atoms with van der Waals surface area (Å²) in [6.07, 6.45) is -4.48. The number of alkyl halides is 3. The van der Waals surface area contributed by atoms with Crippen molar-refractivity contribution >= 4 is 34.5 Å². The van der Waals surface area contributed by atoms with Gasteiger partial charge >= 0.3 is 6.18 Å². The molecule has 0 aliphatic carbocycles. The fourth-order valence-electron chi connectivity index (χ4n) is 1.61. The van der Waals surface area contributed by atoms with Gasteiger partial charge in [0.15, 0.2) is 5.69 Å². The molecule has 0 bridgehead atoms. The van der Waals surface area contributed by atoms with Crippen LogP contribution in [0.3, 0.4) is 0 Å². The Kier molecular flexibility index (Phi) is 4.59. The van der Waals surface area contributed by atoms with E-state index in [2.05, 4.69) is 10.3 Å². The molecule has 20 heavy (non-hydrogen) atoms. The van der Waals surface area contributed by atoms with E-state index in [1.807, 2.05) is 0 Å². The fraction of sp³-hybridized carbons (Fsp3) is 0.250. The maximum absolute atomic E-state index is 12.9. The minimum atomic E-state index is -4.48. The average molecular weight is 341 g/mol. The lowest BCUT2D eigenvalue weighted by atomic mass is 10.2. The highest BCUT2D eigenvalue weighted by Crippen LogP contribution is 2.38. The molecule has 0 unspecified atom stereocenters. The van der Waals surface area contributed by atoms with Crippen LogP contribution in [0.25, 0.3) is 10.6 Å². The Bertz CT molecular complexity index is 626. The standard InChI is InChI=1S/C12H9Cl2F3N2S/c1-18-5-9-10(12(15,16)17)19-11(20-9)6-2-3-7(13)8(14)4-6/h2-4,18H,5H2,1H3. The van der Waals surface area contributed by atoms with Crippen LogP contribution in [0.2, 0.25) is 10.0 Å². The molecule has 2 rings (SSSR count). The van der Waals surface area contributed by atoms with Crippen LogP contribution in [0, 0.1) is 0 Å². The van der Waals surface area contributed by atoms with Gasteiger partial charge in [0.2, 0.25) is 0 Å². The molecule has 0 aliphatic rings. The fourth-order valence-corrected chi connectivity index (χ4v) is 2.99. The number of hydrogen-bond acceptors (Lipinski definition) is 3. The first kappa shape index (κ1) is 15.6. The minimum absolute atomic E-state index is 0.105. The third kappa shape index (κ3) is 3.25. The first-order valence-electron chi connectivity index (χ1n) is 5.50. The third-order valence-corrected chi connectivity index (χ3v) is 4.31. The number of benzene rings is 1. The predicted octanol–water partition coefficient (Wildman–Crippen LogP) is 4.86. The van der Waals surface area contributed by atoms with Gasteiger partial charge in [0.25, 0.3) is 0 Å². The van der Waals surface area contributed by atoms with E-state index in [0.29, 0.717) is 10.6 Å². The van der Waals surface area contributed by atoms with Crippen LogP contribution in [0.4, 0.5) is 13.2 Å². The lowest BCUT2D eigenvalue weighted by Crippen LogP contribution is -2.12. The van der Waals surface area contributed by atoms with Gasteiger partial charge in [-0.15, -0.1) is 11.3 Å². The average Bonchev–Trinajstić information content (AvgIpc) is 2.77. The lowest BCUT2D eigenvalue weighted by Gasteiger charge is -2.04. The van der Waals surface area contributed by atoms with Gasteiger partial charge in [-0.1, -0.05) is 29.3 Å². The second-order valence-electron chi connectivity index (χ2n) is 3.95. The van der Waals surface area contributed by atoms with E-state index in [0.717, 1.165) is 11.3 Å². The third-order valence-electron chi connectivity index (χ3n) is 2.47. The zero-order valence-electron chi connectivity index (χ0n) is 10.2. The van der Waals surface area contributed by atoms with Gasteiger partial charge in [0, 0.05) is 12.1 Å². The lowest BCUT2D eigenvalue weighted by molar-refractivity contribution is -0.141. The summed E-state index contributed by atoms with van der Waals surface area (Å²) in [4.78, 5) is 3.83. The molecule has 2 aromatic rings. The number of nitrogens with zero attached hydrogens (tertiary/aromatic N) is 1. The van der Waals surface area contributed by atoms with Gasteiger partial charge in [0.05, 0.1) is 14.9 Å². The highest BCUT2D eigenvalue weighted by Gasteiger charge is 2.37. The Morgan fingerprint density at radius 1 is 1.25 bits per heavy atom. The summed E-state index contributed by atoms with van der Waals surface area (Å²) < 4.78 is 38.7. The Hall–Kier alpha value is -0.820. The molecule has 0 amide bonds. The number of nitrogens with one attached hydrogen (secondary N) is 1. The summed E-state index contributed by atoms with van der Waals surface area (Å²) in [5, 5.41) is 3.60. The molecule has 0 aliphatic heterocycles. The molecule has 0 atom stereocenters. The van der Waals surface area contributed by atoms with Crippen LogP contribution >= 0.6 is 34.5 Å². The number of thiazole rings is 1. The Labute approximate surface area is 127 Å². The van der Waals surface area contributed by atoms with E-state index in [9.17, 15) is 13.2 Å². The van der Waals surface area contributed by atoms with E-state index < -0.39 is 11.9 Å². The van der Waals surface area contributed by atoms with Gasteiger partial charge in [-0.3, -0.25) is 0 Å². The van der Waals surface area contributed by atoms with Crippen molar-refractivity contribution in [2.45, 2.75) is 12.7 Å².